The molecule has 0 spiro atoms. The standard InChI is InChI=1S/C26H31N5O2/c1-5-6-15-30(3)26(32)25-21(31-16-8-7-11-23(31)28-25)18-29(2)17-19-12-13-22(33-4)24-20(19)10-9-14-27-24/h7-14,16H,5-6,15,17-18H2,1-4H3. The highest BCUT2D eigenvalue weighted by Crippen LogP contribution is 2.27. The molecule has 172 valence electrons. The molecule has 33 heavy (non-hydrogen) atoms. The third-order valence-electron chi connectivity index (χ3n) is 5.93. The number of fused-ring (bicyclic) bond motifs is 2. The highest BCUT2D eigenvalue weighted by Gasteiger charge is 2.23. The monoisotopic (exact) mass is 445 g/mol. The fourth-order valence-corrected chi connectivity index (χ4v) is 4.16. The Morgan fingerprint density at radius 2 is 1.94 bits per heavy atom. The molecule has 0 bridgehead atoms. The number of hydrogen-bond acceptors (Lipinski definition) is 5. The van der Waals surface area contributed by atoms with E-state index in [4.69, 9.17) is 9.72 Å². The number of amides is 1. The molecule has 0 saturated heterocycles. The van der Waals surface area contributed by atoms with Crippen molar-refractivity contribution in [3.8, 4) is 5.75 Å². The molecule has 4 aromatic rings. The number of nitrogens with zero attached hydrogens (tertiary/aromatic N) is 5. The predicted molar refractivity (Wildman–Crippen MR) is 131 cm³/mol. The number of hydrogen-bond donors (Lipinski definition) is 0. The second kappa shape index (κ2) is 10.0. The van der Waals surface area contributed by atoms with E-state index in [1.54, 1.807) is 18.2 Å². The highest BCUT2D eigenvalue weighted by molar-refractivity contribution is 5.94. The van der Waals surface area contributed by atoms with Gasteiger partial charge in [0.05, 0.1) is 12.8 Å². The first kappa shape index (κ1) is 22.7. The Balaban J connectivity index is 1.64. The fourth-order valence-electron chi connectivity index (χ4n) is 4.16. The number of unbranched alkanes of at least 4 members (excludes halogenated alkanes) is 1. The topological polar surface area (TPSA) is 63.0 Å². The lowest BCUT2D eigenvalue weighted by molar-refractivity contribution is 0.0786. The van der Waals surface area contributed by atoms with Gasteiger partial charge in [-0.25, -0.2) is 4.98 Å². The number of carbonyl (C=O) groups is 1. The molecule has 1 amide bonds. The summed E-state index contributed by atoms with van der Waals surface area (Å²) in [6.45, 7) is 4.14. The van der Waals surface area contributed by atoms with Crippen LogP contribution < -0.4 is 4.74 Å². The lowest BCUT2D eigenvalue weighted by Crippen LogP contribution is -2.30. The van der Waals surface area contributed by atoms with Crippen LogP contribution in [-0.4, -0.2) is 57.8 Å². The zero-order valence-corrected chi connectivity index (χ0v) is 19.8. The average molecular weight is 446 g/mol. The molecule has 7 nitrogen and oxygen atoms in total. The average Bonchev–Trinajstić information content (AvgIpc) is 3.20. The van der Waals surface area contributed by atoms with Gasteiger partial charge in [0.25, 0.3) is 5.91 Å². The summed E-state index contributed by atoms with van der Waals surface area (Å²) in [6, 6.07) is 13.9. The number of rotatable bonds is 9. The second-order valence-corrected chi connectivity index (χ2v) is 8.42. The minimum Gasteiger partial charge on any atom is -0.494 e. The SMILES string of the molecule is CCCCN(C)C(=O)c1nc2ccccn2c1CN(C)Cc1ccc(OC)c2ncccc12. The number of carbonyl (C=O) groups excluding carboxylic acids is 1. The summed E-state index contributed by atoms with van der Waals surface area (Å²) >= 11 is 0. The molecule has 0 radical (unpaired) electrons. The number of imidazole rings is 1. The van der Waals surface area contributed by atoms with Crippen LogP contribution in [0.3, 0.4) is 0 Å². The normalized spacial score (nSPS) is 11.4. The van der Waals surface area contributed by atoms with E-state index in [1.807, 2.05) is 48.0 Å². The van der Waals surface area contributed by atoms with Gasteiger partial charge in [0.2, 0.25) is 0 Å². The van der Waals surface area contributed by atoms with Crippen LogP contribution in [0.5, 0.6) is 5.75 Å². The van der Waals surface area contributed by atoms with Gasteiger partial charge in [-0.2, -0.15) is 0 Å². The van der Waals surface area contributed by atoms with Gasteiger partial charge in [-0.05, 0) is 43.3 Å². The molecule has 1 aromatic carbocycles. The highest BCUT2D eigenvalue weighted by atomic mass is 16.5. The summed E-state index contributed by atoms with van der Waals surface area (Å²) in [4.78, 5) is 26.4. The quantitative estimate of drug-likeness (QED) is 0.382. The maximum Gasteiger partial charge on any atom is 0.274 e. The van der Waals surface area contributed by atoms with Crippen LogP contribution in [0, 0.1) is 0 Å². The van der Waals surface area contributed by atoms with E-state index in [9.17, 15) is 4.79 Å². The van der Waals surface area contributed by atoms with Gasteiger partial charge in [0.15, 0.2) is 5.69 Å². The molecular formula is C26H31N5O2. The van der Waals surface area contributed by atoms with Crippen LogP contribution >= 0.6 is 0 Å². The van der Waals surface area contributed by atoms with Gasteiger partial charge >= 0.3 is 0 Å². The molecule has 0 aliphatic carbocycles. The molecule has 0 unspecified atom stereocenters. The molecule has 0 N–H and O–H groups in total. The summed E-state index contributed by atoms with van der Waals surface area (Å²) < 4.78 is 7.50. The Morgan fingerprint density at radius 3 is 2.73 bits per heavy atom. The molecule has 0 saturated carbocycles. The number of aromatic nitrogens is 3. The Kier molecular flexibility index (Phi) is 6.89. The lowest BCUT2D eigenvalue weighted by atomic mass is 10.1. The van der Waals surface area contributed by atoms with Crippen LogP contribution in [0.2, 0.25) is 0 Å². The van der Waals surface area contributed by atoms with Crippen LogP contribution in [0.4, 0.5) is 0 Å². The first-order chi connectivity index (χ1) is 16.0. The molecule has 7 heteroatoms. The predicted octanol–water partition coefficient (Wildman–Crippen LogP) is 4.40. The van der Waals surface area contributed by atoms with Crippen LogP contribution in [0.15, 0.2) is 54.9 Å². The van der Waals surface area contributed by atoms with Gasteiger partial charge in [-0.1, -0.05) is 31.5 Å². The molecule has 0 aliphatic rings. The van der Waals surface area contributed by atoms with Crippen LogP contribution in [0.1, 0.15) is 41.5 Å². The van der Waals surface area contributed by atoms with Gasteiger partial charge in [0, 0.05) is 44.5 Å². The van der Waals surface area contributed by atoms with Crippen molar-refractivity contribution in [1.82, 2.24) is 24.2 Å². The Morgan fingerprint density at radius 1 is 1.09 bits per heavy atom. The van der Waals surface area contributed by atoms with Crippen LogP contribution in [0.25, 0.3) is 16.6 Å². The minimum absolute atomic E-state index is 0.0327. The number of methoxy groups -OCH3 is 1. The molecular weight excluding hydrogens is 414 g/mol. The van der Waals surface area contributed by atoms with Gasteiger partial charge < -0.3 is 14.0 Å². The maximum atomic E-state index is 13.2. The van der Waals surface area contributed by atoms with E-state index in [0.717, 1.165) is 52.9 Å². The summed E-state index contributed by atoms with van der Waals surface area (Å²) in [5, 5.41) is 1.07. The fraction of sp³-hybridized carbons (Fsp3) is 0.346. The number of pyridine rings is 2. The van der Waals surface area contributed by atoms with Crippen molar-refractivity contribution in [1.29, 1.82) is 0 Å². The first-order valence-corrected chi connectivity index (χ1v) is 11.3. The number of ether oxygens (including phenoxy) is 1. The van der Waals surface area contributed by atoms with Crippen molar-refractivity contribution in [3.05, 3.63) is 71.8 Å². The molecule has 3 heterocycles. The largest absolute Gasteiger partial charge is 0.494 e. The van der Waals surface area contributed by atoms with Gasteiger partial charge in [-0.3, -0.25) is 14.7 Å². The van der Waals surface area contributed by atoms with Crippen molar-refractivity contribution in [2.75, 3.05) is 27.7 Å². The lowest BCUT2D eigenvalue weighted by Gasteiger charge is -2.20. The Hall–Kier alpha value is -3.45. The van der Waals surface area contributed by atoms with E-state index >= 15 is 0 Å². The van der Waals surface area contributed by atoms with Crippen LogP contribution in [-0.2, 0) is 13.1 Å². The summed E-state index contributed by atoms with van der Waals surface area (Å²) in [5.41, 5.74) is 4.22. The van der Waals surface area contributed by atoms with Crippen molar-refractivity contribution in [3.63, 3.8) is 0 Å². The molecule has 4 rings (SSSR count). The van der Waals surface area contributed by atoms with E-state index in [2.05, 4.69) is 36.0 Å². The molecule has 0 atom stereocenters. The number of benzene rings is 1. The van der Waals surface area contributed by atoms with Crippen molar-refractivity contribution in [2.45, 2.75) is 32.9 Å². The maximum absolute atomic E-state index is 13.2. The third-order valence-corrected chi connectivity index (χ3v) is 5.93. The van der Waals surface area contributed by atoms with Gasteiger partial charge in [-0.15, -0.1) is 0 Å². The summed E-state index contributed by atoms with van der Waals surface area (Å²) in [5.74, 6) is 0.733. The van der Waals surface area contributed by atoms with E-state index in [0.29, 0.717) is 18.8 Å². The zero-order valence-electron chi connectivity index (χ0n) is 19.8. The van der Waals surface area contributed by atoms with Crippen molar-refractivity contribution < 1.29 is 9.53 Å². The third kappa shape index (κ3) is 4.68. The Bertz CT molecular complexity index is 1270. The molecule has 0 fully saturated rings. The van der Waals surface area contributed by atoms with E-state index < -0.39 is 0 Å². The molecule has 0 aliphatic heterocycles. The Labute approximate surface area is 194 Å². The van der Waals surface area contributed by atoms with Crippen molar-refractivity contribution in [2.24, 2.45) is 0 Å². The molecule has 3 aromatic heterocycles. The van der Waals surface area contributed by atoms with Gasteiger partial charge in [0.1, 0.15) is 16.9 Å². The minimum atomic E-state index is -0.0327. The summed E-state index contributed by atoms with van der Waals surface area (Å²) in [7, 11) is 5.58. The first-order valence-electron chi connectivity index (χ1n) is 11.3. The summed E-state index contributed by atoms with van der Waals surface area (Å²) in [6.07, 6.45) is 5.78. The van der Waals surface area contributed by atoms with Crippen molar-refractivity contribution >= 4 is 22.5 Å². The van der Waals surface area contributed by atoms with E-state index in [-0.39, 0.29) is 5.91 Å². The second-order valence-electron chi connectivity index (χ2n) is 8.42. The zero-order chi connectivity index (χ0) is 23.4. The smallest absolute Gasteiger partial charge is 0.274 e. The van der Waals surface area contributed by atoms with E-state index in [1.165, 1.54) is 0 Å².